The van der Waals surface area contributed by atoms with Crippen LogP contribution in [0.3, 0.4) is 0 Å². The molecule has 0 fully saturated rings. The van der Waals surface area contributed by atoms with E-state index in [9.17, 15) is 9.18 Å². The average Bonchev–Trinajstić information content (AvgIpc) is 2.74. The Hall–Kier alpha value is -2.56. The van der Waals surface area contributed by atoms with Crippen LogP contribution in [0.4, 0.5) is 4.39 Å². The third-order valence-corrected chi connectivity index (χ3v) is 4.00. The topological polar surface area (TPSA) is 84.0 Å². The Bertz CT molecular complexity index is 818. The number of nitrogens with one attached hydrogen (secondary N) is 3. The van der Waals surface area contributed by atoms with E-state index in [-0.39, 0.29) is 41.7 Å². The molecule has 0 aliphatic carbocycles. The number of nitrogens with zero attached hydrogens (tertiary/aromatic N) is 1. The lowest BCUT2D eigenvalue weighted by Gasteiger charge is -2.18. The quantitative estimate of drug-likeness (QED) is 0.201. The van der Waals surface area contributed by atoms with E-state index in [1.165, 1.54) is 6.07 Å². The summed E-state index contributed by atoms with van der Waals surface area (Å²) in [5.74, 6) is 0.920. The number of benzene rings is 2. The number of rotatable bonds is 9. The fraction of sp³-hybridized carbons (Fsp3) is 0.333. The van der Waals surface area contributed by atoms with E-state index in [1.807, 2.05) is 6.92 Å². The first-order chi connectivity index (χ1) is 14.0. The Morgan fingerprint density at radius 2 is 1.73 bits per heavy atom. The van der Waals surface area contributed by atoms with Gasteiger partial charge in [-0.2, -0.15) is 0 Å². The van der Waals surface area contributed by atoms with Gasteiger partial charge in [0.05, 0.1) is 13.7 Å². The van der Waals surface area contributed by atoms with Crippen molar-refractivity contribution < 1.29 is 18.7 Å². The Kier molecular flexibility index (Phi) is 11.6. The highest BCUT2D eigenvalue weighted by Crippen LogP contribution is 2.16. The highest BCUT2D eigenvalue weighted by atomic mass is 127. The molecule has 164 valence electrons. The first kappa shape index (κ1) is 25.5. The predicted octanol–water partition coefficient (Wildman–Crippen LogP) is 2.81. The molecule has 0 spiro atoms. The van der Waals surface area contributed by atoms with E-state index in [2.05, 4.69) is 20.9 Å². The summed E-state index contributed by atoms with van der Waals surface area (Å²) in [7, 11) is 3.22. The van der Waals surface area contributed by atoms with Crippen LogP contribution in [0.25, 0.3) is 0 Å². The van der Waals surface area contributed by atoms with Gasteiger partial charge in [0.25, 0.3) is 5.91 Å². The zero-order chi connectivity index (χ0) is 21.1. The molecule has 1 atom stereocenters. The minimum atomic E-state index is -0.394. The molecular formula is C21H28FIN4O3. The number of para-hydroxylation sites is 1. The number of guanidine groups is 1. The van der Waals surface area contributed by atoms with Gasteiger partial charge in [-0.3, -0.25) is 9.79 Å². The molecule has 0 saturated heterocycles. The van der Waals surface area contributed by atoms with Gasteiger partial charge in [0.15, 0.2) is 17.5 Å². The largest absolute Gasteiger partial charge is 0.497 e. The summed E-state index contributed by atoms with van der Waals surface area (Å²) in [5, 5.41) is 9.03. The second kappa shape index (κ2) is 13.6. The van der Waals surface area contributed by atoms with Gasteiger partial charge in [-0.25, -0.2) is 4.39 Å². The van der Waals surface area contributed by atoms with Gasteiger partial charge in [-0.05, 0) is 43.3 Å². The summed E-state index contributed by atoms with van der Waals surface area (Å²) in [6, 6.07) is 13.2. The predicted molar refractivity (Wildman–Crippen MR) is 127 cm³/mol. The second-order valence-electron chi connectivity index (χ2n) is 6.22. The summed E-state index contributed by atoms with van der Waals surface area (Å²) >= 11 is 0. The smallest absolute Gasteiger partial charge is 0.251 e. The van der Waals surface area contributed by atoms with Gasteiger partial charge >= 0.3 is 0 Å². The summed E-state index contributed by atoms with van der Waals surface area (Å²) < 4.78 is 24.3. The van der Waals surface area contributed by atoms with E-state index in [0.29, 0.717) is 36.9 Å². The Balaban J connectivity index is 0.00000450. The number of halogens is 2. The zero-order valence-corrected chi connectivity index (χ0v) is 19.6. The summed E-state index contributed by atoms with van der Waals surface area (Å²) in [5.41, 5.74) is 0.562. The van der Waals surface area contributed by atoms with Crippen LogP contribution in [0.15, 0.2) is 53.5 Å². The van der Waals surface area contributed by atoms with Gasteiger partial charge in [0.2, 0.25) is 0 Å². The first-order valence-electron chi connectivity index (χ1n) is 9.31. The van der Waals surface area contributed by atoms with E-state index in [1.54, 1.807) is 56.6 Å². The molecule has 2 aromatic rings. The number of aliphatic imine (C=N–C) groups is 1. The third-order valence-electron chi connectivity index (χ3n) is 4.00. The molecule has 0 aliphatic heterocycles. The maximum absolute atomic E-state index is 13.6. The molecular weight excluding hydrogens is 502 g/mol. The number of carbonyl (C=O) groups is 1. The summed E-state index contributed by atoms with van der Waals surface area (Å²) in [6.45, 7) is 3.19. The van der Waals surface area contributed by atoms with E-state index in [4.69, 9.17) is 9.47 Å². The molecule has 7 nitrogen and oxygen atoms in total. The van der Waals surface area contributed by atoms with Crippen molar-refractivity contribution in [1.82, 2.24) is 16.0 Å². The molecule has 0 radical (unpaired) electrons. The number of ether oxygens (including phenoxy) is 2. The van der Waals surface area contributed by atoms with Crippen molar-refractivity contribution in [3.05, 3.63) is 59.9 Å². The van der Waals surface area contributed by atoms with Crippen molar-refractivity contribution in [3.8, 4) is 11.5 Å². The van der Waals surface area contributed by atoms with Crippen LogP contribution >= 0.6 is 24.0 Å². The molecule has 2 rings (SSSR count). The van der Waals surface area contributed by atoms with Gasteiger partial charge in [0, 0.05) is 25.7 Å². The van der Waals surface area contributed by atoms with E-state index < -0.39 is 5.82 Å². The number of amides is 1. The molecule has 3 N–H and O–H groups in total. The SMILES string of the molecule is CN=C(NCCNC(=O)c1ccc(OC)cc1)NCC(C)Oc1ccccc1F.I. The van der Waals surface area contributed by atoms with Crippen LogP contribution in [0, 0.1) is 5.82 Å². The molecule has 0 heterocycles. The minimum absolute atomic E-state index is 0. The van der Waals surface area contributed by atoms with Crippen LogP contribution in [-0.2, 0) is 0 Å². The van der Waals surface area contributed by atoms with Crippen LogP contribution in [-0.4, -0.2) is 51.8 Å². The maximum atomic E-state index is 13.6. The normalized spacial score (nSPS) is 11.7. The summed E-state index contributed by atoms with van der Waals surface area (Å²) in [6.07, 6.45) is -0.264. The molecule has 2 aromatic carbocycles. The minimum Gasteiger partial charge on any atom is -0.497 e. The lowest BCUT2D eigenvalue weighted by Crippen LogP contribution is -2.44. The molecule has 1 amide bonds. The van der Waals surface area contributed by atoms with Crippen LogP contribution in [0.2, 0.25) is 0 Å². The van der Waals surface area contributed by atoms with E-state index in [0.717, 1.165) is 0 Å². The Morgan fingerprint density at radius 1 is 1.07 bits per heavy atom. The van der Waals surface area contributed by atoms with Crippen molar-refractivity contribution in [2.45, 2.75) is 13.0 Å². The lowest BCUT2D eigenvalue weighted by atomic mass is 10.2. The van der Waals surface area contributed by atoms with Crippen LogP contribution < -0.4 is 25.4 Å². The maximum Gasteiger partial charge on any atom is 0.251 e. The highest BCUT2D eigenvalue weighted by molar-refractivity contribution is 14.0. The molecule has 0 aromatic heterocycles. The number of carbonyl (C=O) groups excluding carboxylic acids is 1. The fourth-order valence-electron chi connectivity index (χ4n) is 2.46. The van der Waals surface area contributed by atoms with Gasteiger partial charge in [-0.1, -0.05) is 12.1 Å². The standard InChI is InChI=1S/C21H27FN4O3.HI/c1-15(29-19-7-5-4-6-18(19)22)14-26-21(23-2)25-13-12-24-20(27)16-8-10-17(28-3)11-9-16;/h4-11,15H,12-14H2,1-3H3,(H,24,27)(H2,23,25,26);1H. The molecule has 0 saturated carbocycles. The van der Waals surface area contributed by atoms with Crippen LogP contribution in [0.1, 0.15) is 17.3 Å². The third kappa shape index (κ3) is 8.44. The molecule has 1 unspecified atom stereocenters. The van der Waals surface area contributed by atoms with Crippen molar-refractivity contribution in [2.24, 2.45) is 4.99 Å². The highest BCUT2D eigenvalue weighted by Gasteiger charge is 2.09. The zero-order valence-electron chi connectivity index (χ0n) is 17.3. The van der Waals surface area contributed by atoms with Gasteiger partial charge in [-0.15, -0.1) is 24.0 Å². The molecule has 0 aliphatic rings. The van der Waals surface area contributed by atoms with Crippen molar-refractivity contribution >= 4 is 35.8 Å². The lowest BCUT2D eigenvalue weighted by molar-refractivity contribution is 0.0954. The van der Waals surface area contributed by atoms with Crippen molar-refractivity contribution in [1.29, 1.82) is 0 Å². The van der Waals surface area contributed by atoms with Crippen LogP contribution in [0.5, 0.6) is 11.5 Å². The first-order valence-corrected chi connectivity index (χ1v) is 9.31. The second-order valence-corrected chi connectivity index (χ2v) is 6.22. The fourth-order valence-corrected chi connectivity index (χ4v) is 2.46. The molecule has 9 heteroatoms. The Morgan fingerprint density at radius 3 is 2.37 bits per heavy atom. The number of methoxy groups -OCH3 is 1. The monoisotopic (exact) mass is 530 g/mol. The number of hydrogen-bond acceptors (Lipinski definition) is 4. The Labute approximate surface area is 193 Å². The summed E-state index contributed by atoms with van der Waals surface area (Å²) in [4.78, 5) is 16.2. The van der Waals surface area contributed by atoms with Crippen molar-refractivity contribution in [2.75, 3.05) is 33.8 Å². The van der Waals surface area contributed by atoms with Gasteiger partial charge in [0.1, 0.15) is 11.9 Å². The average molecular weight is 530 g/mol. The van der Waals surface area contributed by atoms with E-state index >= 15 is 0 Å². The van der Waals surface area contributed by atoms with Gasteiger partial charge < -0.3 is 25.4 Å². The molecule has 30 heavy (non-hydrogen) atoms. The molecule has 0 bridgehead atoms. The van der Waals surface area contributed by atoms with Crippen molar-refractivity contribution in [3.63, 3.8) is 0 Å². The number of hydrogen-bond donors (Lipinski definition) is 3.